The van der Waals surface area contributed by atoms with E-state index in [0.717, 1.165) is 24.9 Å². The molecule has 1 aliphatic heterocycles. The number of benzene rings is 1. The van der Waals surface area contributed by atoms with Gasteiger partial charge in [0.2, 0.25) is 6.04 Å². The normalized spacial score (nSPS) is 25.9. The number of nitrogens with zero attached hydrogens (tertiary/aromatic N) is 1. The van der Waals surface area contributed by atoms with Gasteiger partial charge in [-0.1, -0.05) is 12.1 Å². The molecule has 1 saturated heterocycles. The molecular formula is C12H13FN2. The molecule has 0 bridgehead atoms. The van der Waals surface area contributed by atoms with Gasteiger partial charge >= 0.3 is 0 Å². The van der Waals surface area contributed by atoms with E-state index < -0.39 is 0 Å². The third kappa shape index (κ3) is 2.34. The highest BCUT2D eigenvalue weighted by atomic mass is 19.1. The van der Waals surface area contributed by atoms with Crippen LogP contribution in [0, 0.1) is 12.4 Å². The van der Waals surface area contributed by atoms with Crippen molar-refractivity contribution in [1.29, 1.82) is 0 Å². The highest BCUT2D eigenvalue weighted by molar-refractivity contribution is 5.21. The quantitative estimate of drug-likeness (QED) is 0.695. The van der Waals surface area contributed by atoms with E-state index in [1.807, 2.05) is 0 Å². The maximum atomic E-state index is 12.7. The Balaban J connectivity index is 2.10. The molecule has 1 N–H and O–H groups in total. The minimum atomic E-state index is -0.212. The van der Waals surface area contributed by atoms with Crippen LogP contribution in [0.1, 0.15) is 24.4 Å². The molecule has 2 rings (SSSR count). The highest BCUT2D eigenvalue weighted by Gasteiger charge is 2.25. The van der Waals surface area contributed by atoms with Crippen molar-refractivity contribution in [1.82, 2.24) is 5.32 Å². The summed E-state index contributed by atoms with van der Waals surface area (Å²) in [6, 6.07) is 6.84. The first-order chi connectivity index (χ1) is 7.29. The van der Waals surface area contributed by atoms with Crippen molar-refractivity contribution >= 4 is 0 Å². The molecule has 1 fully saturated rings. The van der Waals surface area contributed by atoms with Gasteiger partial charge in [0.1, 0.15) is 5.82 Å². The molecule has 15 heavy (non-hydrogen) atoms. The molecule has 1 heterocycles. The molecule has 0 aliphatic carbocycles. The summed E-state index contributed by atoms with van der Waals surface area (Å²) < 4.78 is 12.7. The topological polar surface area (TPSA) is 16.4 Å². The SMILES string of the molecule is [C-]#[N+][C@@H]1CCN[C@H](c2ccc(F)cc2)C1. The van der Waals surface area contributed by atoms with E-state index in [1.165, 1.54) is 12.1 Å². The Morgan fingerprint density at radius 2 is 2.07 bits per heavy atom. The number of piperidine rings is 1. The van der Waals surface area contributed by atoms with Gasteiger partial charge in [-0.25, -0.2) is 11.0 Å². The smallest absolute Gasteiger partial charge is 0.226 e. The van der Waals surface area contributed by atoms with Gasteiger partial charge in [-0.15, -0.1) is 0 Å². The Morgan fingerprint density at radius 3 is 2.73 bits per heavy atom. The first-order valence-electron chi connectivity index (χ1n) is 5.15. The molecule has 0 saturated carbocycles. The summed E-state index contributed by atoms with van der Waals surface area (Å²) in [6.45, 7) is 7.89. The molecule has 1 aromatic rings. The maximum absolute atomic E-state index is 12.7. The number of nitrogens with one attached hydrogen (secondary N) is 1. The molecule has 2 atom stereocenters. The Morgan fingerprint density at radius 1 is 1.33 bits per heavy atom. The lowest BCUT2D eigenvalue weighted by molar-refractivity contribution is 0.396. The first-order valence-corrected chi connectivity index (χ1v) is 5.15. The molecule has 0 spiro atoms. The van der Waals surface area contributed by atoms with Crippen molar-refractivity contribution in [2.45, 2.75) is 24.9 Å². The number of rotatable bonds is 1. The van der Waals surface area contributed by atoms with Gasteiger partial charge in [-0.05, 0) is 17.7 Å². The van der Waals surface area contributed by atoms with Crippen LogP contribution in [-0.4, -0.2) is 12.6 Å². The fourth-order valence-corrected chi connectivity index (χ4v) is 1.96. The molecule has 2 nitrogen and oxygen atoms in total. The second-order valence-corrected chi connectivity index (χ2v) is 3.87. The summed E-state index contributed by atoms with van der Waals surface area (Å²) >= 11 is 0. The van der Waals surface area contributed by atoms with Crippen LogP contribution in [-0.2, 0) is 0 Å². The van der Waals surface area contributed by atoms with Crippen LogP contribution in [0.2, 0.25) is 0 Å². The minimum absolute atomic E-state index is 0.112. The van der Waals surface area contributed by atoms with Gasteiger partial charge in [0.15, 0.2) is 0 Å². The molecular weight excluding hydrogens is 191 g/mol. The monoisotopic (exact) mass is 204 g/mol. The van der Waals surface area contributed by atoms with E-state index in [-0.39, 0.29) is 17.9 Å². The van der Waals surface area contributed by atoms with Gasteiger partial charge in [0.25, 0.3) is 0 Å². The zero-order valence-electron chi connectivity index (χ0n) is 8.41. The molecule has 0 unspecified atom stereocenters. The van der Waals surface area contributed by atoms with Gasteiger partial charge in [-0.2, -0.15) is 0 Å². The van der Waals surface area contributed by atoms with E-state index >= 15 is 0 Å². The van der Waals surface area contributed by atoms with Crippen molar-refractivity contribution in [2.75, 3.05) is 6.54 Å². The second kappa shape index (κ2) is 4.41. The molecule has 3 heteroatoms. The summed E-state index contributed by atoms with van der Waals surface area (Å²) in [5.41, 5.74) is 1.07. The average molecular weight is 204 g/mol. The lowest BCUT2D eigenvalue weighted by Crippen LogP contribution is -2.32. The van der Waals surface area contributed by atoms with Crippen LogP contribution >= 0.6 is 0 Å². The molecule has 78 valence electrons. The fourth-order valence-electron chi connectivity index (χ4n) is 1.96. The minimum Gasteiger partial charge on any atom is -0.314 e. The maximum Gasteiger partial charge on any atom is 0.226 e. The van der Waals surface area contributed by atoms with Crippen LogP contribution in [0.3, 0.4) is 0 Å². The zero-order chi connectivity index (χ0) is 10.7. The third-order valence-corrected chi connectivity index (χ3v) is 2.83. The number of hydrogen-bond acceptors (Lipinski definition) is 1. The lowest BCUT2D eigenvalue weighted by Gasteiger charge is -2.24. The number of halogens is 1. The van der Waals surface area contributed by atoms with Gasteiger partial charge in [-0.3, -0.25) is 0 Å². The van der Waals surface area contributed by atoms with Crippen LogP contribution in [0.5, 0.6) is 0 Å². The third-order valence-electron chi connectivity index (χ3n) is 2.83. The summed E-state index contributed by atoms with van der Waals surface area (Å²) in [5, 5.41) is 3.35. The van der Waals surface area contributed by atoms with E-state index in [0.29, 0.717) is 0 Å². The number of hydrogen-bond donors (Lipinski definition) is 1. The predicted molar refractivity (Wildman–Crippen MR) is 56.8 cm³/mol. The highest BCUT2D eigenvalue weighted by Crippen LogP contribution is 2.24. The molecule has 1 aliphatic rings. The fraction of sp³-hybridized carbons (Fsp3) is 0.417. The standard InChI is InChI=1S/C12H13FN2/c1-14-11-6-7-15-12(8-11)9-2-4-10(13)5-3-9/h2-5,11-12,15H,6-8H2/t11-,12+/m1/s1. The van der Waals surface area contributed by atoms with Crippen molar-refractivity contribution in [2.24, 2.45) is 0 Å². The molecule has 0 amide bonds. The second-order valence-electron chi connectivity index (χ2n) is 3.87. The van der Waals surface area contributed by atoms with Crippen molar-refractivity contribution in [3.8, 4) is 0 Å². The Labute approximate surface area is 88.9 Å². The summed E-state index contributed by atoms with van der Waals surface area (Å²) in [7, 11) is 0. The molecule has 0 aromatic heterocycles. The first kappa shape index (κ1) is 10.1. The van der Waals surface area contributed by atoms with Crippen LogP contribution in [0.4, 0.5) is 4.39 Å². The summed E-state index contributed by atoms with van der Waals surface area (Å²) in [4.78, 5) is 3.58. The van der Waals surface area contributed by atoms with E-state index in [9.17, 15) is 4.39 Å². The molecule has 0 radical (unpaired) electrons. The Kier molecular flexibility index (Phi) is 2.98. The molecule has 1 aromatic carbocycles. The van der Waals surface area contributed by atoms with Gasteiger partial charge in [0.05, 0.1) is 0 Å². The van der Waals surface area contributed by atoms with Crippen molar-refractivity contribution in [3.63, 3.8) is 0 Å². The van der Waals surface area contributed by atoms with Gasteiger partial charge < -0.3 is 10.2 Å². The Bertz CT molecular complexity index is 366. The summed E-state index contributed by atoms with van der Waals surface area (Å²) in [5.74, 6) is -0.212. The van der Waals surface area contributed by atoms with Crippen LogP contribution in [0.25, 0.3) is 4.85 Å². The van der Waals surface area contributed by atoms with Gasteiger partial charge in [0, 0.05) is 25.4 Å². The lowest BCUT2D eigenvalue weighted by atomic mass is 9.94. The largest absolute Gasteiger partial charge is 0.314 e. The van der Waals surface area contributed by atoms with Crippen molar-refractivity contribution < 1.29 is 4.39 Å². The average Bonchev–Trinajstić information content (AvgIpc) is 2.30. The summed E-state index contributed by atoms with van der Waals surface area (Å²) in [6.07, 6.45) is 1.75. The van der Waals surface area contributed by atoms with E-state index in [1.54, 1.807) is 12.1 Å². The van der Waals surface area contributed by atoms with E-state index in [4.69, 9.17) is 6.57 Å². The van der Waals surface area contributed by atoms with Crippen LogP contribution in [0.15, 0.2) is 24.3 Å². The predicted octanol–water partition coefficient (Wildman–Crippen LogP) is 2.54. The van der Waals surface area contributed by atoms with Crippen LogP contribution < -0.4 is 5.32 Å². The zero-order valence-corrected chi connectivity index (χ0v) is 8.41. The van der Waals surface area contributed by atoms with Crippen molar-refractivity contribution in [3.05, 3.63) is 47.1 Å². The Hall–Kier alpha value is -1.40. The van der Waals surface area contributed by atoms with E-state index in [2.05, 4.69) is 10.2 Å².